The Kier molecular flexibility index (Phi) is 4.07. The van der Waals surface area contributed by atoms with Gasteiger partial charge in [-0.1, -0.05) is 30.5 Å². The van der Waals surface area contributed by atoms with Crippen molar-refractivity contribution in [3.05, 3.63) is 34.3 Å². The average Bonchev–Trinajstić information content (AvgIpc) is 2.85. The topological polar surface area (TPSA) is 35.2 Å². The predicted octanol–water partition coefficient (Wildman–Crippen LogP) is 4.39. The molecule has 2 aliphatic rings. The first-order chi connectivity index (χ1) is 9.58. The van der Waals surface area contributed by atoms with E-state index < -0.39 is 0 Å². The lowest BCUT2D eigenvalue weighted by Crippen LogP contribution is -2.40. The van der Waals surface area contributed by atoms with Crippen molar-refractivity contribution in [2.24, 2.45) is 11.7 Å². The molecule has 0 bridgehead atoms. The van der Waals surface area contributed by atoms with Crippen molar-refractivity contribution in [2.75, 3.05) is 6.61 Å². The normalized spacial score (nSPS) is 26.9. The molecule has 1 aromatic carbocycles. The maximum Gasteiger partial charge on any atom is 0.0685 e. The fourth-order valence-electron chi connectivity index (χ4n) is 3.97. The Labute approximate surface area is 126 Å². The largest absolute Gasteiger partial charge is 0.375 e. The number of hydrogen-bond acceptors (Lipinski definition) is 2. The number of nitrogens with two attached hydrogens (primary N) is 1. The van der Waals surface area contributed by atoms with Crippen LogP contribution in [0.1, 0.15) is 55.7 Å². The van der Waals surface area contributed by atoms with E-state index >= 15 is 0 Å². The molecule has 2 atom stereocenters. The van der Waals surface area contributed by atoms with Gasteiger partial charge in [0.25, 0.3) is 0 Å². The summed E-state index contributed by atoms with van der Waals surface area (Å²) in [4.78, 5) is 0. The van der Waals surface area contributed by atoms with Gasteiger partial charge in [0.05, 0.1) is 5.60 Å². The third kappa shape index (κ3) is 2.88. The Balaban J connectivity index is 1.77. The van der Waals surface area contributed by atoms with Gasteiger partial charge in [-0.3, -0.25) is 0 Å². The number of benzene rings is 1. The fraction of sp³-hybridized carbons (Fsp3) is 0.647. The minimum atomic E-state index is 0.0776. The van der Waals surface area contributed by atoms with E-state index in [1.54, 1.807) is 0 Å². The molecule has 1 saturated heterocycles. The molecular weight excluding hydrogens is 270 g/mol. The van der Waals surface area contributed by atoms with Gasteiger partial charge in [-0.15, -0.1) is 0 Å². The average molecular weight is 294 g/mol. The van der Waals surface area contributed by atoms with Crippen molar-refractivity contribution >= 4 is 11.6 Å². The number of rotatable bonds is 2. The molecule has 1 aromatic rings. The van der Waals surface area contributed by atoms with Crippen LogP contribution < -0.4 is 5.73 Å². The second-order valence-electron chi connectivity index (χ2n) is 6.58. The minimum absolute atomic E-state index is 0.0776. The molecule has 1 spiro atoms. The Morgan fingerprint density at radius 1 is 1.30 bits per heavy atom. The molecule has 1 saturated carbocycles. The molecule has 3 heteroatoms. The maximum atomic E-state index is 6.54. The lowest BCUT2D eigenvalue weighted by atomic mass is 9.79. The van der Waals surface area contributed by atoms with Crippen LogP contribution in [0.25, 0.3) is 0 Å². The SMILES string of the molecule is Cc1cc(Cl)cc(C(N)C2CCOC3(CCCC3)C2)c1. The van der Waals surface area contributed by atoms with Gasteiger partial charge in [-0.2, -0.15) is 0 Å². The highest BCUT2D eigenvalue weighted by Gasteiger charge is 2.41. The lowest BCUT2D eigenvalue weighted by molar-refractivity contribution is -0.0963. The number of ether oxygens (including phenoxy) is 1. The first kappa shape index (κ1) is 14.4. The minimum Gasteiger partial charge on any atom is -0.375 e. The van der Waals surface area contributed by atoms with Gasteiger partial charge in [0.15, 0.2) is 0 Å². The van der Waals surface area contributed by atoms with Crippen LogP contribution in [0.15, 0.2) is 18.2 Å². The van der Waals surface area contributed by atoms with Crippen molar-refractivity contribution in [1.29, 1.82) is 0 Å². The summed E-state index contributed by atoms with van der Waals surface area (Å²) in [6.45, 7) is 2.93. The van der Waals surface area contributed by atoms with E-state index in [9.17, 15) is 0 Å². The first-order valence-electron chi connectivity index (χ1n) is 7.75. The molecule has 2 nitrogen and oxygen atoms in total. The van der Waals surface area contributed by atoms with E-state index in [0.29, 0.717) is 5.92 Å². The molecular formula is C17H24ClNO. The van der Waals surface area contributed by atoms with E-state index in [1.807, 2.05) is 12.1 Å². The van der Waals surface area contributed by atoms with Gasteiger partial charge in [-0.05, 0) is 61.8 Å². The zero-order valence-electron chi connectivity index (χ0n) is 12.2. The number of hydrogen-bond donors (Lipinski definition) is 1. The summed E-state index contributed by atoms with van der Waals surface area (Å²) in [5, 5.41) is 0.790. The third-order valence-electron chi connectivity index (χ3n) is 5.00. The smallest absolute Gasteiger partial charge is 0.0685 e. The monoisotopic (exact) mass is 293 g/mol. The van der Waals surface area contributed by atoms with Crippen molar-refractivity contribution in [3.8, 4) is 0 Å². The standard InChI is InChI=1S/C17H24ClNO/c1-12-8-14(10-15(18)9-12)16(19)13-4-7-20-17(11-13)5-2-3-6-17/h8-10,13,16H,2-7,11,19H2,1H3. The Bertz CT molecular complexity index is 462. The highest BCUT2D eigenvalue weighted by Crippen LogP contribution is 2.44. The zero-order chi connectivity index (χ0) is 14.2. The summed E-state index contributed by atoms with van der Waals surface area (Å²) in [5.74, 6) is 0.514. The van der Waals surface area contributed by atoms with Gasteiger partial charge < -0.3 is 10.5 Å². The Morgan fingerprint density at radius 2 is 2.05 bits per heavy atom. The molecule has 2 N–H and O–H groups in total. The molecule has 110 valence electrons. The van der Waals surface area contributed by atoms with Gasteiger partial charge in [-0.25, -0.2) is 0 Å². The quantitative estimate of drug-likeness (QED) is 0.878. The summed E-state index contributed by atoms with van der Waals surface area (Å²) >= 11 is 6.17. The van der Waals surface area contributed by atoms with Crippen LogP contribution in [0.4, 0.5) is 0 Å². The molecule has 0 amide bonds. The number of aryl methyl sites for hydroxylation is 1. The second kappa shape index (κ2) is 5.67. The van der Waals surface area contributed by atoms with E-state index in [0.717, 1.165) is 24.5 Å². The predicted molar refractivity (Wildman–Crippen MR) is 83.0 cm³/mol. The van der Waals surface area contributed by atoms with Gasteiger partial charge >= 0.3 is 0 Å². The summed E-state index contributed by atoms with van der Waals surface area (Å²) < 4.78 is 6.11. The second-order valence-corrected chi connectivity index (χ2v) is 7.02. The van der Waals surface area contributed by atoms with E-state index in [-0.39, 0.29) is 11.6 Å². The highest BCUT2D eigenvalue weighted by molar-refractivity contribution is 6.30. The van der Waals surface area contributed by atoms with Crippen LogP contribution in [0.2, 0.25) is 5.02 Å². The van der Waals surface area contributed by atoms with Gasteiger partial charge in [0.1, 0.15) is 0 Å². The molecule has 2 unspecified atom stereocenters. The summed E-state index contributed by atoms with van der Waals surface area (Å²) in [5.41, 5.74) is 9.04. The number of halogens is 1. The van der Waals surface area contributed by atoms with Crippen LogP contribution >= 0.6 is 11.6 Å². The van der Waals surface area contributed by atoms with Gasteiger partial charge in [0.2, 0.25) is 0 Å². The third-order valence-corrected chi connectivity index (χ3v) is 5.22. The molecule has 2 fully saturated rings. The summed E-state index contributed by atoms with van der Waals surface area (Å²) in [6.07, 6.45) is 7.21. The van der Waals surface area contributed by atoms with Crippen LogP contribution in [0, 0.1) is 12.8 Å². The highest BCUT2D eigenvalue weighted by atomic mass is 35.5. The molecule has 20 heavy (non-hydrogen) atoms. The van der Waals surface area contributed by atoms with Crippen molar-refractivity contribution in [1.82, 2.24) is 0 Å². The Hall–Kier alpha value is -0.570. The molecule has 0 aromatic heterocycles. The first-order valence-corrected chi connectivity index (χ1v) is 8.12. The van der Waals surface area contributed by atoms with Crippen molar-refractivity contribution in [3.63, 3.8) is 0 Å². The fourth-order valence-corrected chi connectivity index (χ4v) is 4.27. The van der Waals surface area contributed by atoms with Gasteiger partial charge in [0, 0.05) is 17.7 Å². The van der Waals surface area contributed by atoms with E-state index in [2.05, 4.69) is 13.0 Å². The maximum absolute atomic E-state index is 6.54. The molecule has 0 radical (unpaired) electrons. The van der Waals surface area contributed by atoms with Crippen LogP contribution in [0.5, 0.6) is 0 Å². The Morgan fingerprint density at radius 3 is 2.75 bits per heavy atom. The van der Waals surface area contributed by atoms with Crippen molar-refractivity contribution < 1.29 is 4.74 Å². The molecule has 3 rings (SSSR count). The summed E-state index contributed by atoms with van der Waals surface area (Å²) in [7, 11) is 0. The van der Waals surface area contributed by atoms with Crippen LogP contribution in [-0.4, -0.2) is 12.2 Å². The summed E-state index contributed by atoms with van der Waals surface area (Å²) in [6, 6.07) is 6.26. The van der Waals surface area contributed by atoms with Crippen LogP contribution in [-0.2, 0) is 4.74 Å². The molecule has 1 heterocycles. The van der Waals surface area contributed by atoms with Crippen LogP contribution in [0.3, 0.4) is 0 Å². The van der Waals surface area contributed by atoms with Crippen molar-refractivity contribution in [2.45, 2.75) is 57.1 Å². The molecule has 1 aliphatic heterocycles. The lowest BCUT2D eigenvalue weighted by Gasteiger charge is -2.40. The molecule has 1 aliphatic carbocycles. The van der Waals surface area contributed by atoms with E-state index in [1.165, 1.54) is 36.8 Å². The zero-order valence-corrected chi connectivity index (χ0v) is 13.0. The van der Waals surface area contributed by atoms with E-state index in [4.69, 9.17) is 22.1 Å².